The maximum Gasteiger partial charge on any atom is 0.240 e. The molecule has 2 aromatic rings. The molecule has 4 rings (SSSR count). The van der Waals surface area contributed by atoms with Gasteiger partial charge in [-0.2, -0.15) is 5.26 Å². The van der Waals surface area contributed by atoms with Crippen LogP contribution in [0.4, 0.5) is 10.1 Å². The molecule has 1 heterocycles. The fourth-order valence-electron chi connectivity index (χ4n) is 4.53. The zero-order chi connectivity index (χ0) is 22.2. The van der Waals surface area contributed by atoms with Crippen LogP contribution in [0.25, 0.3) is 0 Å². The van der Waals surface area contributed by atoms with E-state index >= 15 is 0 Å². The second kappa shape index (κ2) is 8.58. The number of rotatable bonds is 4. The highest BCUT2D eigenvalue weighted by molar-refractivity contribution is 7.89. The fourth-order valence-corrected chi connectivity index (χ4v) is 5.83. The number of likely N-dealkylation sites (N-methyl/N-ethyl adjacent to an activating group) is 1. The summed E-state index contributed by atoms with van der Waals surface area (Å²) in [6.45, 7) is 6.03. The highest BCUT2D eigenvalue weighted by Gasteiger charge is 2.29. The molecular formula is C23H27FN4O2S. The molecule has 0 radical (unpaired) electrons. The SMILES string of the molecule is Cc1ccc(N2CCN(C)CC2)c2c1CC[C@@H](NS(=O)(=O)c1ccc(F)c(C#N)c1)C2. The number of aryl methyl sites for hydroxylation is 1. The maximum atomic E-state index is 13.6. The summed E-state index contributed by atoms with van der Waals surface area (Å²) in [5.74, 6) is -0.722. The average Bonchev–Trinajstić information content (AvgIpc) is 2.75. The highest BCUT2D eigenvalue weighted by Crippen LogP contribution is 2.34. The maximum absolute atomic E-state index is 13.6. The van der Waals surface area contributed by atoms with Crippen LogP contribution in [0.5, 0.6) is 0 Å². The fraction of sp³-hybridized carbons (Fsp3) is 0.435. The lowest BCUT2D eigenvalue weighted by Gasteiger charge is -2.37. The van der Waals surface area contributed by atoms with Crippen LogP contribution in [0.1, 0.15) is 28.7 Å². The van der Waals surface area contributed by atoms with Gasteiger partial charge in [0.2, 0.25) is 10.0 Å². The largest absolute Gasteiger partial charge is 0.369 e. The van der Waals surface area contributed by atoms with Crippen molar-refractivity contribution < 1.29 is 12.8 Å². The number of nitriles is 1. The first-order valence-corrected chi connectivity index (χ1v) is 12.0. The number of piperazine rings is 1. The number of benzene rings is 2. The van der Waals surface area contributed by atoms with Gasteiger partial charge in [0, 0.05) is 37.9 Å². The van der Waals surface area contributed by atoms with Crippen LogP contribution in [-0.2, 0) is 22.9 Å². The zero-order valence-corrected chi connectivity index (χ0v) is 18.7. The van der Waals surface area contributed by atoms with E-state index < -0.39 is 15.8 Å². The minimum absolute atomic E-state index is 0.0835. The summed E-state index contributed by atoms with van der Waals surface area (Å²) in [4.78, 5) is 4.63. The van der Waals surface area contributed by atoms with Crippen molar-refractivity contribution in [1.82, 2.24) is 9.62 Å². The summed E-state index contributed by atoms with van der Waals surface area (Å²) in [5.41, 5.74) is 4.71. The summed E-state index contributed by atoms with van der Waals surface area (Å²) in [7, 11) is -1.73. The van der Waals surface area contributed by atoms with Gasteiger partial charge in [0.15, 0.2) is 0 Å². The van der Waals surface area contributed by atoms with Gasteiger partial charge in [-0.1, -0.05) is 6.07 Å². The first-order valence-electron chi connectivity index (χ1n) is 10.6. The Bertz CT molecular complexity index is 1130. The predicted molar refractivity (Wildman–Crippen MR) is 118 cm³/mol. The molecule has 0 amide bonds. The van der Waals surface area contributed by atoms with Crippen molar-refractivity contribution in [3.63, 3.8) is 0 Å². The van der Waals surface area contributed by atoms with Crippen molar-refractivity contribution in [2.24, 2.45) is 0 Å². The molecule has 0 aromatic heterocycles. The van der Waals surface area contributed by atoms with Crippen molar-refractivity contribution in [2.45, 2.75) is 37.1 Å². The van der Waals surface area contributed by atoms with Crippen LogP contribution >= 0.6 is 0 Å². The van der Waals surface area contributed by atoms with E-state index in [0.717, 1.165) is 44.7 Å². The topological polar surface area (TPSA) is 76.4 Å². The Morgan fingerprint density at radius 3 is 2.58 bits per heavy atom. The van der Waals surface area contributed by atoms with Crippen LogP contribution in [-0.4, -0.2) is 52.6 Å². The Morgan fingerprint density at radius 2 is 1.87 bits per heavy atom. The third-order valence-electron chi connectivity index (χ3n) is 6.37. The van der Waals surface area contributed by atoms with Gasteiger partial charge in [-0.15, -0.1) is 0 Å². The zero-order valence-electron chi connectivity index (χ0n) is 17.9. The van der Waals surface area contributed by atoms with Crippen molar-refractivity contribution in [3.05, 3.63) is 58.4 Å². The number of nitrogens with one attached hydrogen (secondary N) is 1. The standard InChI is InChI=1S/C23H27FN4O2S/c1-16-3-8-23(28-11-9-27(2)10-12-28)21-14-18(4-6-20(16)21)26-31(29,30)19-5-7-22(24)17(13-19)15-25/h3,5,7-8,13,18,26H,4,6,9-12,14H2,1-2H3/t18-/m1/s1. The van der Waals surface area contributed by atoms with Gasteiger partial charge in [-0.25, -0.2) is 17.5 Å². The molecule has 1 N–H and O–H groups in total. The van der Waals surface area contributed by atoms with Gasteiger partial charge in [0.1, 0.15) is 11.9 Å². The average molecular weight is 443 g/mol. The molecule has 1 atom stereocenters. The quantitative estimate of drug-likeness (QED) is 0.788. The van der Waals surface area contributed by atoms with Gasteiger partial charge >= 0.3 is 0 Å². The van der Waals surface area contributed by atoms with E-state index in [1.807, 2.05) is 0 Å². The van der Waals surface area contributed by atoms with Crippen LogP contribution in [0, 0.1) is 24.1 Å². The van der Waals surface area contributed by atoms with Gasteiger partial charge < -0.3 is 9.80 Å². The Kier molecular flexibility index (Phi) is 6.02. The van der Waals surface area contributed by atoms with E-state index in [0.29, 0.717) is 12.8 Å². The number of hydrogen-bond donors (Lipinski definition) is 1. The van der Waals surface area contributed by atoms with Gasteiger partial charge in [0.25, 0.3) is 0 Å². The van der Waals surface area contributed by atoms with E-state index in [1.165, 1.54) is 28.4 Å². The molecule has 0 saturated carbocycles. The molecular weight excluding hydrogens is 415 g/mol. The molecule has 8 heteroatoms. The number of anilines is 1. The summed E-state index contributed by atoms with van der Waals surface area (Å²) in [6, 6.07) is 9.10. The van der Waals surface area contributed by atoms with Crippen LogP contribution in [0.15, 0.2) is 35.2 Å². The number of hydrogen-bond acceptors (Lipinski definition) is 5. The first kappa shape index (κ1) is 21.8. The lowest BCUT2D eigenvalue weighted by Crippen LogP contribution is -2.45. The molecule has 6 nitrogen and oxygen atoms in total. The molecule has 164 valence electrons. The molecule has 31 heavy (non-hydrogen) atoms. The van der Waals surface area contributed by atoms with E-state index in [9.17, 15) is 12.8 Å². The van der Waals surface area contributed by atoms with Crippen LogP contribution in [0.3, 0.4) is 0 Å². The summed E-state index contributed by atoms with van der Waals surface area (Å²) in [5, 5.41) is 9.02. The normalized spacial score (nSPS) is 19.7. The Balaban J connectivity index is 1.58. The molecule has 1 aliphatic carbocycles. The van der Waals surface area contributed by atoms with Crippen LogP contribution in [0.2, 0.25) is 0 Å². The number of fused-ring (bicyclic) bond motifs is 1. The molecule has 0 unspecified atom stereocenters. The third kappa shape index (κ3) is 4.45. The lowest BCUT2D eigenvalue weighted by atomic mass is 9.84. The third-order valence-corrected chi connectivity index (χ3v) is 7.89. The van der Waals surface area contributed by atoms with Crippen LogP contribution < -0.4 is 9.62 Å². The minimum Gasteiger partial charge on any atom is -0.369 e. The summed E-state index contributed by atoms with van der Waals surface area (Å²) >= 11 is 0. The molecule has 1 fully saturated rings. The van der Waals surface area contributed by atoms with Gasteiger partial charge in [0.05, 0.1) is 10.5 Å². The smallest absolute Gasteiger partial charge is 0.240 e. The van der Waals surface area contributed by atoms with Crippen molar-refractivity contribution in [3.8, 4) is 6.07 Å². The van der Waals surface area contributed by atoms with E-state index in [-0.39, 0.29) is 16.5 Å². The summed E-state index contributed by atoms with van der Waals surface area (Å²) < 4.78 is 42.3. The number of halogens is 1. The van der Waals surface area contributed by atoms with Crippen molar-refractivity contribution in [1.29, 1.82) is 5.26 Å². The molecule has 2 aromatic carbocycles. The van der Waals surface area contributed by atoms with Crippen molar-refractivity contribution in [2.75, 3.05) is 38.1 Å². The number of nitrogens with zero attached hydrogens (tertiary/aromatic N) is 3. The van der Waals surface area contributed by atoms with Gasteiger partial charge in [-0.3, -0.25) is 0 Å². The van der Waals surface area contributed by atoms with E-state index in [2.05, 4.69) is 40.6 Å². The number of sulfonamides is 1. The first-order chi connectivity index (χ1) is 14.8. The predicted octanol–water partition coefficient (Wildman–Crippen LogP) is 2.59. The van der Waals surface area contributed by atoms with E-state index in [4.69, 9.17) is 5.26 Å². The Morgan fingerprint density at radius 1 is 1.13 bits per heavy atom. The second-order valence-electron chi connectivity index (χ2n) is 8.46. The Hall–Kier alpha value is -2.47. The monoisotopic (exact) mass is 442 g/mol. The lowest BCUT2D eigenvalue weighted by molar-refractivity contribution is 0.312. The molecule has 1 aliphatic heterocycles. The van der Waals surface area contributed by atoms with Crippen molar-refractivity contribution >= 4 is 15.7 Å². The molecule has 2 aliphatic rings. The second-order valence-corrected chi connectivity index (χ2v) is 10.2. The molecule has 1 saturated heterocycles. The molecule has 0 bridgehead atoms. The Labute approximate surface area is 183 Å². The molecule has 0 spiro atoms. The minimum atomic E-state index is -3.85. The highest BCUT2D eigenvalue weighted by atomic mass is 32.2. The van der Waals surface area contributed by atoms with E-state index in [1.54, 1.807) is 6.07 Å². The summed E-state index contributed by atoms with van der Waals surface area (Å²) in [6.07, 6.45) is 2.12. The van der Waals surface area contributed by atoms with Gasteiger partial charge in [-0.05, 0) is 74.2 Å².